The van der Waals surface area contributed by atoms with Crippen LogP contribution >= 0.6 is 23.1 Å². The second-order valence-electron chi connectivity index (χ2n) is 5.98. The predicted octanol–water partition coefficient (Wildman–Crippen LogP) is 2.47. The van der Waals surface area contributed by atoms with E-state index in [1.807, 2.05) is 25.1 Å². The highest BCUT2D eigenvalue weighted by atomic mass is 32.2. The van der Waals surface area contributed by atoms with Gasteiger partial charge in [0, 0.05) is 20.1 Å². The van der Waals surface area contributed by atoms with Crippen LogP contribution in [-0.2, 0) is 5.75 Å². The topological polar surface area (TPSA) is 98.6 Å². The molecule has 0 amide bonds. The van der Waals surface area contributed by atoms with E-state index in [-0.39, 0.29) is 5.95 Å². The van der Waals surface area contributed by atoms with Crippen LogP contribution in [0.4, 0.5) is 11.9 Å². The fraction of sp³-hybridized carbons (Fsp3) is 0.400. The SMILES string of the molecule is CN(C)c1nc(N)nc(CSc2nnc(-c3cccs3)n2C2CC2)n1. The molecule has 0 aliphatic heterocycles. The molecule has 1 saturated carbocycles. The average Bonchev–Trinajstić information content (AvgIpc) is 3.10. The van der Waals surface area contributed by atoms with E-state index in [0.717, 1.165) is 15.9 Å². The molecule has 0 aromatic carbocycles. The molecule has 3 heterocycles. The van der Waals surface area contributed by atoms with Gasteiger partial charge in [-0.25, -0.2) is 0 Å². The van der Waals surface area contributed by atoms with Crippen molar-refractivity contribution in [2.45, 2.75) is 29.8 Å². The first kappa shape index (κ1) is 16.3. The van der Waals surface area contributed by atoms with E-state index in [4.69, 9.17) is 5.73 Å². The molecule has 25 heavy (non-hydrogen) atoms. The van der Waals surface area contributed by atoms with Gasteiger partial charge < -0.3 is 10.6 Å². The summed E-state index contributed by atoms with van der Waals surface area (Å²) in [6, 6.07) is 4.61. The highest BCUT2D eigenvalue weighted by Crippen LogP contribution is 2.42. The number of rotatable bonds is 6. The fourth-order valence-electron chi connectivity index (χ4n) is 2.43. The van der Waals surface area contributed by atoms with Crippen LogP contribution in [0.1, 0.15) is 24.7 Å². The molecule has 1 aliphatic carbocycles. The van der Waals surface area contributed by atoms with Gasteiger partial charge in [0.2, 0.25) is 11.9 Å². The van der Waals surface area contributed by atoms with Crippen LogP contribution in [-0.4, -0.2) is 43.8 Å². The number of hydrogen-bond donors (Lipinski definition) is 1. The molecule has 8 nitrogen and oxygen atoms in total. The Hall–Kier alpha value is -2.20. The summed E-state index contributed by atoms with van der Waals surface area (Å²) in [5.41, 5.74) is 5.79. The minimum Gasteiger partial charge on any atom is -0.368 e. The summed E-state index contributed by atoms with van der Waals surface area (Å²) in [5, 5.41) is 11.8. The van der Waals surface area contributed by atoms with E-state index < -0.39 is 0 Å². The molecule has 0 unspecified atom stereocenters. The highest BCUT2D eigenvalue weighted by Gasteiger charge is 2.30. The lowest BCUT2D eigenvalue weighted by Gasteiger charge is -2.11. The van der Waals surface area contributed by atoms with Crippen molar-refractivity contribution in [1.82, 2.24) is 29.7 Å². The van der Waals surface area contributed by atoms with E-state index in [2.05, 4.69) is 41.2 Å². The lowest BCUT2D eigenvalue weighted by atomic mass is 10.4. The van der Waals surface area contributed by atoms with Crippen LogP contribution in [0.3, 0.4) is 0 Å². The van der Waals surface area contributed by atoms with Gasteiger partial charge in [-0.1, -0.05) is 17.8 Å². The molecule has 4 rings (SSSR count). The van der Waals surface area contributed by atoms with Crippen LogP contribution in [0.5, 0.6) is 0 Å². The van der Waals surface area contributed by atoms with Crippen LogP contribution < -0.4 is 10.6 Å². The van der Waals surface area contributed by atoms with Crippen molar-refractivity contribution in [1.29, 1.82) is 0 Å². The summed E-state index contributed by atoms with van der Waals surface area (Å²) in [4.78, 5) is 15.8. The molecule has 3 aromatic rings. The number of aromatic nitrogens is 6. The summed E-state index contributed by atoms with van der Waals surface area (Å²) in [6.07, 6.45) is 2.35. The fourth-order valence-corrected chi connectivity index (χ4v) is 4.00. The van der Waals surface area contributed by atoms with Crippen molar-refractivity contribution < 1.29 is 0 Å². The minimum atomic E-state index is 0.234. The normalized spacial score (nSPS) is 14.0. The molecule has 0 atom stereocenters. The van der Waals surface area contributed by atoms with Crippen molar-refractivity contribution >= 4 is 35.0 Å². The lowest BCUT2D eigenvalue weighted by Crippen LogP contribution is -2.16. The van der Waals surface area contributed by atoms with Crippen molar-refractivity contribution in [3.05, 3.63) is 23.3 Å². The molecule has 0 saturated heterocycles. The van der Waals surface area contributed by atoms with Crippen LogP contribution in [0.15, 0.2) is 22.7 Å². The third kappa shape index (κ3) is 3.45. The molecule has 3 aromatic heterocycles. The van der Waals surface area contributed by atoms with Crippen molar-refractivity contribution in [2.24, 2.45) is 0 Å². The van der Waals surface area contributed by atoms with Gasteiger partial charge in [-0.15, -0.1) is 21.5 Å². The molecule has 0 radical (unpaired) electrons. The number of thiophene rings is 1. The third-order valence-corrected chi connectivity index (χ3v) is 5.54. The first-order valence-electron chi connectivity index (χ1n) is 7.91. The maximum atomic E-state index is 5.79. The zero-order valence-electron chi connectivity index (χ0n) is 14.0. The summed E-state index contributed by atoms with van der Waals surface area (Å²) in [5.74, 6) is 2.96. The first-order chi connectivity index (χ1) is 12.1. The van der Waals surface area contributed by atoms with Gasteiger partial charge in [-0.3, -0.25) is 4.57 Å². The van der Waals surface area contributed by atoms with Gasteiger partial charge >= 0.3 is 0 Å². The van der Waals surface area contributed by atoms with E-state index >= 15 is 0 Å². The monoisotopic (exact) mass is 374 g/mol. The molecule has 130 valence electrons. The highest BCUT2D eigenvalue weighted by molar-refractivity contribution is 7.98. The van der Waals surface area contributed by atoms with E-state index in [9.17, 15) is 0 Å². The summed E-state index contributed by atoms with van der Waals surface area (Å²) >= 11 is 3.27. The average molecular weight is 374 g/mol. The number of thioether (sulfide) groups is 1. The van der Waals surface area contributed by atoms with Gasteiger partial charge in [0.1, 0.15) is 5.82 Å². The Morgan fingerprint density at radius 2 is 2.12 bits per heavy atom. The molecule has 10 heteroatoms. The van der Waals surface area contributed by atoms with E-state index in [1.165, 1.54) is 12.8 Å². The Morgan fingerprint density at radius 3 is 2.80 bits per heavy atom. The zero-order chi connectivity index (χ0) is 17.4. The predicted molar refractivity (Wildman–Crippen MR) is 99.7 cm³/mol. The van der Waals surface area contributed by atoms with Crippen LogP contribution in [0.2, 0.25) is 0 Å². The smallest absolute Gasteiger partial charge is 0.229 e. The number of nitrogens with two attached hydrogens (primary N) is 1. The van der Waals surface area contributed by atoms with Gasteiger partial charge in [0.25, 0.3) is 0 Å². The second-order valence-corrected chi connectivity index (χ2v) is 7.87. The number of anilines is 2. The maximum Gasteiger partial charge on any atom is 0.229 e. The van der Waals surface area contributed by atoms with Gasteiger partial charge in [-0.05, 0) is 24.3 Å². The summed E-state index contributed by atoms with van der Waals surface area (Å²) < 4.78 is 2.24. The van der Waals surface area contributed by atoms with E-state index in [1.54, 1.807) is 23.1 Å². The van der Waals surface area contributed by atoms with Gasteiger partial charge in [0.15, 0.2) is 11.0 Å². The van der Waals surface area contributed by atoms with Crippen LogP contribution in [0, 0.1) is 0 Å². The molecular formula is C15H18N8S2. The standard InChI is InChI=1S/C15H18N8S2/c1-22(2)14-18-11(17-13(16)19-14)8-25-15-21-20-12(10-4-3-7-24-10)23(15)9-5-6-9/h3-4,7,9H,5-6,8H2,1-2H3,(H2,16,17,18,19). The van der Waals surface area contributed by atoms with Gasteiger partial charge in [-0.2, -0.15) is 15.0 Å². The largest absolute Gasteiger partial charge is 0.368 e. The Balaban J connectivity index is 1.58. The number of nitrogens with zero attached hydrogens (tertiary/aromatic N) is 7. The lowest BCUT2D eigenvalue weighted by molar-refractivity contribution is 0.669. The van der Waals surface area contributed by atoms with Crippen LogP contribution in [0.25, 0.3) is 10.7 Å². The first-order valence-corrected chi connectivity index (χ1v) is 9.77. The van der Waals surface area contributed by atoms with E-state index in [0.29, 0.717) is 23.6 Å². The molecule has 0 spiro atoms. The molecule has 0 bridgehead atoms. The number of nitrogen functional groups attached to an aromatic ring is 1. The van der Waals surface area contributed by atoms with Crippen molar-refractivity contribution in [3.63, 3.8) is 0 Å². The second kappa shape index (κ2) is 6.60. The Labute approximate surface area is 153 Å². The summed E-state index contributed by atoms with van der Waals surface area (Å²) in [6.45, 7) is 0. The summed E-state index contributed by atoms with van der Waals surface area (Å²) in [7, 11) is 3.76. The third-order valence-electron chi connectivity index (χ3n) is 3.74. The molecule has 2 N–H and O–H groups in total. The Kier molecular flexibility index (Phi) is 4.30. The molecule has 1 aliphatic rings. The molecular weight excluding hydrogens is 356 g/mol. The van der Waals surface area contributed by atoms with Crippen molar-refractivity contribution in [3.8, 4) is 10.7 Å². The zero-order valence-corrected chi connectivity index (χ0v) is 15.6. The Bertz CT molecular complexity index is 870. The Morgan fingerprint density at radius 1 is 1.28 bits per heavy atom. The number of hydrogen-bond acceptors (Lipinski definition) is 9. The minimum absolute atomic E-state index is 0.234. The quantitative estimate of drug-likeness (QED) is 0.657. The van der Waals surface area contributed by atoms with Gasteiger partial charge in [0.05, 0.1) is 10.6 Å². The van der Waals surface area contributed by atoms with Crippen molar-refractivity contribution in [2.75, 3.05) is 24.7 Å². The molecule has 1 fully saturated rings. The maximum absolute atomic E-state index is 5.79.